The fourth-order valence-electron chi connectivity index (χ4n) is 3.17. The van der Waals surface area contributed by atoms with Gasteiger partial charge in [0.15, 0.2) is 11.5 Å². The van der Waals surface area contributed by atoms with E-state index in [9.17, 15) is 9.59 Å². The summed E-state index contributed by atoms with van der Waals surface area (Å²) >= 11 is 0. The van der Waals surface area contributed by atoms with Crippen molar-refractivity contribution in [2.24, 2.45) is 0 Å². The third kappa shape index (κ3) is 3.64. The van der Waals surface area contributed by atoms with E-state index >= 15 is 0 Å². The summed E-state index contributed by atoms with van der Waals surface area (Å²) in [5, 5.41) is 2.71. The number of nitrogens with one attached hydrogen (secondary N) is 1. The molecule has 3 rings (SSSR count). The molecule has 1 aliphatic heterocycles. The lowest BCUT2D eigenvalue weighted by Crippen LogP contribution is -2.36. The van der Waals surface area contributed by atoms with Crippen LogP contribution in [0, 0.1) is 0 Å². The molecule has 0 unspecified atom stereocenters. The lowest BCUT2D eigenvalue weighted by molar-refractivity contribution is -0.114. The Labute approximate surface area is 152 Å². The van der Waals surface area contributed by atoms with Crippen molar-refractivity contribution >= 4 is 17.5 Å². The van der Waals surface area contributed by atoms with Crippen LogP contribution in [0.5, 0.6) is 11.5 Å². The van der Waals surface area contributed by atoms with Crippen molar-refractivity contribution < 1.29 is 19.1 Å². The van der Waals surface area contributed by atoms with Crippen molar-refractivity contribution in [1.29, 1.82) is 0 Å². The Kier molecular flexibility index (Phi) is 5.11. The maximum atomic E-state index is 12.9. The van der Waals surface area contributed by atoms with Gasteiger partial charge in [-0.15, -0.1) is 0 Å². The molecule has 2 amide bonds. The molecule has 26 heavy (non-hydrogen) atoms. The molecule has 2 aromatic rings. The van der Waals surface area contributed by atoms with Crippen LogP contribution in [0.25, 0.3) is 0 Å². The van der Waals surface area contributed by atoms with Crippen LogP contribution >= 0.6 is 0 Å². The minimum Gasteiger partial charge on any atom is -0.493 e. The first-order chi connectivity index (χ1) is 12.5. The second-order valence-electron chi connectivity index (χ2n) is 6.21. The third-order valence-corrected chi connectivity index (χ3v) is 4.44. The van der Waals surface area contributed by atoms with Crippen LogP contribution in [0.4, 0.5) is 5.69 Å². The van der Waals surface area contributed by atoms with E-state index in [1.165, 1.54) is 12.5 Å². The molecule has 1 heterocycles. The normalized spacial score (nSPS) is 13.0. The Balaban J connectivity index is 1.82. The fourth-order valence-corrected chi connectivity index (χ4v) is 3.17. The monoisotopic (exact) mass is 354 g/mol. The number of anilines is 1. The quantitative estimate of drug-likeness (QED) is 0.917. The van der Waals surface area contributed by atoms with Gasteiger partial charge in [0.25, 0.3) is 5.91 Å². The van der Waals surface area contributed by atoms with E-state index in [0.717, 1.165) is 12.0 Å². The first-order valence-electron chi connectivity index (χ1n) is 8.42. The van der Waals surface area contributed by atoms with E-state index in [2.05, 4.69) is 5.32 Å². The van der Waals surface area contributed by atoms with Gasteiger partial charge in [-0.1, -0.05) is 6.07 Å². The predicted molar refractivity (Wildman–Crippen MR) is 98.7 cm³/mol. The van der Waals surface area contributed by atoms with Gasteiger partial charge < -0.3 is 19.7 Å². The van der Waals surface area contributed by atoms with E-state index in [4.69, 9.17) is 9.47 Å². The lowest BCUT2D eigenvalue weighted by atomic mass is 9.98. The minimum absolute atomic E-state index is 0.0577. The summed E-state index contributed by atoms with van der Waals surface area (Å²) in [4.78, 5) is 25.9. The number of carbonyl (C=O) groups excluding carboxylic acids is 2. The first-order valence-corrected chi connectivity index (χ1v) is 8.42. The van der Waals surface area contributed by atoms with Gasteiger partial charge in [0, 0.05) is 31.3 Å². The molecule has 6 nitrogen and oxygen atoms in total. The SMILES string of the molecule is COc1cc2c(cc1OC)CN(C(=O)c1cccc(NC(C)=O)c1)CC2. The van der Waals surface area contributed by atoms with Crippen molar-refractivity contribution in [3.8, 4) is 11.5 Å². The summed E-state index contributed by atoms with van der Waals surface area (Å²) in [5.74, 6) is 1.14. The molecule has 6 heteroatoms. The minimum atomic E-state index is -0.164. The van der Waals surface area contributed by atoms with Gasteiger partial charge in [-0.05, 0) is 47.9 Å². The summed E-state index contributed by atoms with van der Waals surface area (Å²) in [6, 6.07) is 10.9. The number of carbonyl (C=O) groups is 2. The van der Waals surface area contributed by atoms with Gasteiger partial charge in [0.05, 0.1) is 14.2 Å². The molecular formula is C20H22N2O4. The molecule has 2 aromatic carbocycles. The zero-order valence-corrected chi connectivity index (χ0v) is 15.2. The highest BCUT2D eigenvalue weighted by Crippen LogP contribution is 2.33. The number of nitrogens with zero attached hydrogens (tertiary/aromatic N) is 1. The van der Waals surface area contributed by atoms with Crippen LogP contribution in [-0.2, 0) is 17.8 Å². The fraction of sp³-hybridized carbons (Fsp3) is 0.300. The number of hydrogen-bond donors (Lipinski definition) is 1. The van der Waals surface area contributed by atoms with Gasteiger partial charge in [-0.25, -0.2) is 0 Å². The van der Waals surface area contributed by atoms with E-state index in [1.54, 1.807) is 43.4 Å². The Bertz CT molecular complexity index is 848. The Morgan fingerprint density at radius 3 is 2.38 bits per heavy atom. The van der Waals surface area contributed by atoms with Crippen molar-refractivity contribution in [1.82, 2.24) is 4.90 Å². The van der Waals surface area contributed by atoms with Crippen molar-refractivity contribution in [2.75, 3.05) is 26.1 Å². The Morgan fingerprint density at radius 2 is 1.73 bits per heavy atom. The van der Waals surface area contributed by atoms with Crippen LogP contribution in [0.3, 0.4) is 0 Å². The molecular weight excluding hydrogens is 332 g/mol. The van der Waals surface area contributed by atoms with Gasteiger partial charge in [-0.2, -0.15) is 0 Å². The third-order valence-electron chi connectivity index (χ3n) is 4.44. The van der Waals surface area contributed by atoms with Gasteiger partial charge in [0.1, 0.15) is 0 Å². The molecule has 136 valence electrons. The zero-order chi connectivity index (χ0) is 18.7. The molecule has 0 saturated heterocycles. The summed E-state index contributed by atoms with van der Waals surface area (Å²) in [5.41, 5.74) is 3.39. The maximum absolute atomic E-state index is 12.9. The van der Waals surface area contributed by atoms with E-state index in [1.807, 2.05) is 12.1 Å². The summed E-state index contributed by atoms with van der Waals surface area (Å²) in [6.07, 6.45) is 0.757. The molecule has 0 saturated carbocycles. The van der Waals surface area contributed by atoms with E-state index < -0.39 is 0 Å². The number of benzene rings is 2. The molecule has 0 radical (unpaired) electrons. The molecule has 0 aliphatic carbocycles. The highest BCUT2D eigenvalue weighted by molar-refractivity contribution is 5.97. The van der Waals surface area contributed by atoms with Crippen molar-refractivity contribution in [2.45, 2.75) is 19.9 Å². The molecule has 1 N–H and O–H groups in total. The largest absolute Gasteiger partial charge is 0.493 e. The number of methoxy groups -OCH3 is 2. The van der Waals surface area contributed by atoms with E-state index in [0.29, 0.717) is 35.8 Å². The molecule has 1 aliphatic rings. The standard InChI is InChI=1S/C20H22N2O4/c1-13(23)21-17-6-4-5-15(9-17)20(24)22-8-7-14-10-18(25-2)19(26-3)11-16(14)12-22/h4-6,9-11H,7-8,12H2,1-3H3,(H,21,23). The van der Waals surface area contributed by atoms with Crippen LogP contribution < -0.4 is 14.8 Å². The summed E-state index contributed by atoms with van der Waals surface area (Å²) < 4.78 is 10.7. The lowest BCUT2D eigenvalue weighted by Gasteiger charge is -2.29. The number of amides is 2. The number of ether oxygens (including phenoxy) is 2. The highest BCUT2D eigenvalue weighted by atomic mass is 16.5. The van der Waals surface area contributed by atoms with Gasteiger partial charge in [0.2, 0.25) is 5.91 Å². The average molecular weight is 354 g/mol. The van der Waals surface area contributed by atoms with Crippen LogP contribution in [0.1, 0.15) is 28.4 Å². The molecule has 0 atom stereocenters. The molecule has 0 fully saturated rings. The predicted octanol–water partition coefficient (Wildman–Crippen LogP) is 2.86. The molecule has 0 aromatic heterocycles. The van der Waals surface area contributed by atoms with Crippen LogP contribution in [0.15, 0.2) is 36.4 Å². The highest BCUT2D eigenvalue weighted by Gasteiger charge is 2.24. The summed E-state index contributed by atoms with van der Waals surface area (Å²) in [6.45, 7) is 2.59. The number of fused-ring (bicyclic) bond motifs is 1. The molecule has 0 spiro atoms. The van der Waals surface area contributed by atoms with E-state index in [-0.39, 0.29) is 11.8 Å². The second kappa shape index (κ2) is 7.47. The van der Waals surface area contributed by atoms with Crippen LogP contribution in [-0.4, -0.2) is 37.5 Å². The maximum Gasteiger partial charge on any atom is 0.254 e. The smallest absolute Gasteiger partial charge is 0.254 e. The number of rotatable bonds is 4. The van der Waals surface area contributed by atoms with Crippen molar-refractivity contribution in [3.63, 3.8) is 0 Å². The Morgan fingerprint density at radius 1 is 1.04 bits per heavy atom. The topological polar surface area (TPSA) is 67.9 Å². The first kappa shape index (κ1) is 17.8. The van der Waals surface area contributed by atoms with Gasteiger partial charge >= 0.3 is 0 Å². The molecule has 0 bridgehead atoms. The Hall–Kier alpha value is -3.02. The average Bonchev–Trinajstić information content (AvgIpc) is 2.65. The number of hydrogen-bond acceptors (Lipinski definition) is 4. The van der Waals surface area contributed by atoms with Crippen LogP contribution in [0.2, 0.25) is 0 Å². The zero-order valence-electron chi connectivity index (χ0n) is 15.2. The summed E-state index contributed by atoms with van der Waals surface area (Å²) in [7, 11) is 3.22. The van der Waals surface area contributed by atoms with Crippen molar-refractivity contribution in [3.05, 3.63) is 53.1 Å². The second-order valence-corrected chi connectivity index (χ2v) is 6.21. The van der Waals surface area contributed by atoms with Gasteiger partial charge in [-0.3, -0.25) is 9.59 Å².